The number of hydrogen-bond donors (Lipinski definition) is 0. The summed E-state index contributed by atoms with van der Waals surface area (Å²) >= 11 is 6.12. The Bertz CT molecular complexity index is 256. The van der Waals surface area contributed by atoms with Gasteiger partial charge in [-0.25, -0.2) is 0 Å². The molecule has 0 aliphatic rings. The van der Waals surface area contributed by atoms with E-state index >= 15 is 0 Å². The molecule has 13 heavy (non-hydrogen) atoms. The van der Waals surface area contributed by atoms with Crippen LogP contribution in [0.3, 0.4) is 0 Å². The Labute approximate surface area is 86.6 Å². The molecule has 0 nitrogen and oxygen atoms in total. The summed E-state index contributed by atoms with van der Waals surface area (Å²) in [7, 11) is -0.937. The van der Waals surface area contributed by atoms with Crippen LogP contribution in [0.2, 0.25) is 12.1 Å². The SMILES string of the molecule is CC[SiH](Cl)CC=Cc1ccccc1. The highest BCUT2D eigenvalue weighted by Crippen LogP contribution is 2.07. The zero-order valence-electron chi connectivity index (χ0n) is 7.91. The van der Waals surface area contributed by atoms with Crippen LogP contribution >= 0.6 is 11.1 Å². The molecule has 0 N–H and O–H groups in total. The second-order valence-electron chi connectivity index (χ2n) is 3.05. The predicted octanol–water partition coefficient (Wildman–Crippen LogP) is 3.68. The maximum Gasteiger partial charge on any atom is 0.144 e. The average Bonchev–Trinajstić information content (AvgIpc) is 2.19. The number of allylic oxidation sites excluding steroid dienone is 1. The summed E-state index contributed by atoms with van der Waals surface area (Å²) in [4.78, 5) is 0. The van der Waals surface area contributed by atoms with Crippen molar-refractivity contribution in [2.75, 3.05) is 0 Å². The standard InChI is InChI=1S/C11H15ClSi/c1-2-13(12)10-6-9-11-7-4-3-5-8-11/h3-9,13H,2,10H2,1H3. The van der Waals surface area contributed by atoms with Crippen LogP contribution < -0.4 is 0 Å². The van der Waals surface area contributed by atoms with Gasteiger partial charge in [0.25, 0.3) is 0 Å². The summed E-state index contributed by atoms with van der Waals surface area (Å²) in [6, 6.07) is 12.6. The van der Waals surface area contributed by atoms with E-state index in [1.165, 1.54) is 11.6 Å². The lowest BCUT2D eigenvalue weighted by atomic mass is 10.2. The highest BCUT2D eigenvalue weighted by Gasteiger charge is 1.98. The van der Waals surface area contributed by atoms with Gasteiger partial charge in [-0.15, -0.1) is 0 Å². The molecule has 0 bridgehead atoms. The molecule has 1 aromatic carbocycles. The van der Waals surface area contributed by atoms with Crippen molar-refractivity contribution < 1.29 is 0 Å². The van der Waals surface area contributed by atoms with Crippen molar-refractivity contribution >= 4 is 25.3 Å². The number of hydrogen-bond acceptors (Lipinski definition) is 0. The Morgan fingerprint density at radius 3 is 2.62 bits per heavy atom. The van der Waals surface area contributed by atoms with E-state index in [9.17, 15) is 0 Å². The molecule has 1 unspecified atom stereocenters. The van der Waals surface area contributed by atoms with Crippen molar-refractivity contribution in [2.45, 2.75) is 19.0 Å². The molecule has 1 rings (SSSR count). The second-order valence-corrected chi connectivity index (χ2v) is 7.39. The minimum absolute atomic E-state index is 0.937. The second kappa shape index (κ2) is 6.00. The van der Waals surface area contributed by atoms with Crippen molar-refractivity contribution in [1.29, 1.82) is 0 Å². The molecular weight excluding hydrogens is 196 g/mol. The monoisotopic (exact) mass is 210 g/mol. The Morgan fingerprint density at radius 1 is 1.31 bits per heavy atom. The summed E-state index contributed by atoms with van der Waals surface area (Å²) in [5.74, 6) is 0. The van der Waals surface area contributed by atoms with E-state index in [0.29, 0.717) is 0 Å². The molecule has 0 spiro atoms. The van der Waals surface area contributed by atoms with Gasteiger partial charge < -0.3 is 0 Å². The molecule has 0 aromatic heterocycles. The first kappa shape index (κ1) is 10.5. The third kappa shape index (κ3) is 4.30. The third-order valence-corrected chi connectivity index (χ3v) is 5.07. The highest BCUT2D eigenvalue weighted by atomic mass is 35.6. The minimum Gasteiger partial charge on any atom is -0.171 e. The van der Waals surface area contributed by atoms with Gasteiger partial charge in [-0.2, -0.15) is 11.1 Å². The van der Waals surface area contributed by atoms with Gasteiger partial charge in [-0.3, -0.25) is 0 Å². The number of halogens is 1. The maximum atomic E-state index is 6.12. The van der Waals surface area contributed by atoms with Crippen LogP contribution in [0.15, 0.2) is 36.4 Å². The van der Waals surface area contributed by atoms with E-state index in [1.54, 1.807) is 0 Å². The van der Waals surface area contributed by atoms with E-state index in [0.717, 1.165) is 6.04 Å². The van der Waals surface area contributed by atoms with Gasteiger partial charge in [-0.1, -0.05) is 49.4 Å². The largest absolute Gasteiger partial charge is 0.171 e. The van der Waals surface area contributed by atoms with E-state index in [4.69, 9.17) is 11.1 Å². The van der Waals surface area contributed by atoms with Crippen LogP contribution in [0.5, 0.6) is 0 Å². The molecule has 2 heteroatoms. The fraction of sp³-hybridized carbons (Fsp3) is 0.273. The molecular formula is C11H15ClSi. The molecule has 1 atom stereocenters. The molecule has 0 saturated heterocycles. The zero-order chi connectivity index (χ0) is 9.52. The van der Waals surface area contributed by atoms with Crippen molar-refractivity contribution in [3.05, 3.63) is 42.0 Å². The van der Waals surface area contributed by atoms with Gasteiger partial charge in [-0.05, 0) is 17.7 Å². The molecule has 0 amide bonds. The smallest absolute Gasteiger partial charge is 0.144 e. The Balaban J connectivity index is 2.41. The fourth-order valence-corrected chi connectivity index (χ4v) is 2.16. The van der Waals surface area contributed by atoms with Crippen LogP contribution in [-0.4, -0.2) is 8.11 Å². The molecule has 1 aromatic rings. The van der Waals surface area contributed by atoms with Crippen molar-refractivity contribution in [2.24, 2.45) is 0 Å². The summed E-state index contributed by atoms with van der Waals surface area (Å²) in [6.07, 6.45) is 4.35. The summed E-state index contributed by atoms with van der Waals surface area (Å²) in [6.45, 7) is 2.17. The van der Waals surface area contributed by atoms with E-state index in [-0.39, 0.29) is 0 Å². The number of benzene rings is 1. The van der Waals surface area contributed by atoms with Crippen LogP contribution in [-0.2, 0) is 0 Å². The Hall–Kier alpha value is -0.533. The predicted molar refractivity (Wildman–Crippen MR) is 63.8 cm³/mol. The van der Waals surface area contributed by atoms with E-state index < -0.39 is 8.11 Å². The van der Waals surface area contributed by atoms with Gasteiger partial charge in [0, 0.05) is 0 Å². The quantitative estimate of drug-likeness (QED) is 0.526. The number of rotatable bonds is 4. The lowest BCUT2D eigenvalue weighted by Crippen LogP contribution is -1.96. The first-order valence-electron chi connectivity index (χ1n) is 4.68. The topological polar surface area (TPSA) is 0 Å². The van der Waals surface area contributed by atoms with Gasteiger partial charge in [0.15, 0.2) is 0 Å². The van der Waals surface area contributed by atoms with Crippen molar-refractivity contribution in [3.8, 4) is 0 Å². The van der Waals surface area contributed by atoms with Crippen molar-refractivity contribution in [1.82, 2.24) is 0 Å². The van der Waals surface area contributed by atoms with Gasteiger partial charge in [0.1, 0.15) is 8.11 Å². The van der Waals surface area contributed by atoms with Crippen LogP contribution in [0.1, 0.15) is 12.5 Å². The van der Waals surface area contributed by atoms with E-state index in [1.807, 2.05) is 6.07 Å². The lowest BCUT2D eigenvalue weighted by molar-refractivity contribution is 1.41. The molecule has 0 aliphatic heterocycles. The first-order chi connectivity index (χ1) is 6.33. The van der Waals surface area contributed by atoms with Crippen LogP contribution in [0.4, 0.5) is 0 Å². The molecule has 70 valence electrons. The fourth-order valence-electron chi connectivity index (χ4n) is 1.08. The van der Waals surface area contributed by atoms with Crippen molar-refractivity contribution in [3.63, 3.8) is 0 Å². The highest BCUT2D eigenvalue weighted by molar-refractivity contribution is 7.07. The van der Waals surface area contributed by atoms with E-state index in [2.05, 4.69) is 43.3 Å². The Kier molecular flexibility index (Phi) is 4.87. The molecule has 0 heterocycles. The first-order valence-corrected chi connectivity index (χ1v) is 8.06. The maximum absolute atomic E-state index is 6.12. The van der Waals surface area contributed by atoms with Gasteiger partial charge in [0.05, 0.1) is 0 Å². The molecule has 0 fully saturated rings. The average molecular weight is 211 g/mol. The third-order valence-electron chi connectivity index (χ3n) is 1.94. The van der Waals surface area contributed by atoms with Crippen LogP contribution in [0.25, 0.3) is 6.08 Å². The normalized spacial score (nSPS) is 13.4. The van der Waals surface area contributed by atoms with Gasteiger partial charge >= 0.3 is 0 Å². The van der Waals surface area contributed by atoms with Gasteiger partial charge in [0.2, 0.25) is 0 Å². The summed E-state index contributed by atoms with van der Waals surface area (Å²) < 4.78 is 0. The van der Waals surface area contributed by atoms with Crippen LogP contribution in [0, 0.1) is 0 Å². The zero-order valence-corrected chi connectivity index (χ0v) is 9.82. The summed E-state index contributed by atoms with van der Waals surface area (Å²) in [5.41, 5.74) is 1.26. The molecule has 0 saturated carbocycles. The summed E-state index contributed by atoms with van der Waals surface area (Å²) in [5, 5.41) is 0. The lowest BCUT2D eigenvalue weighted by Gasteiger charge is -1.97. The Morgan fingerprint density at radius 2 is 2.00 bits per heavy atom. The molecule has 0 aliphatic carbocycles. The minimum atomic E-state index is -0.937. The molecule has 0 radical (unpaired) electrons.